The lowest BCUT2D eigenvalue weighted by atomic mass is 9.84. The molecule has 0 radical (unpaired) electrons. The molecule has 0 N–H and O–H groups in total. The zero-order valence-corrected chi connectivity index (χ0v) is 16.7. The number of hydrogen-bond donors (Lipinski definition) is 0. The number of aromatic nitrogens is 1. The summed E-state index contributed by atoms with van der Waals surface area (Å²) in [6.07, 6.45) is 4.58. The molecule has 2 aromatic rings. The van der Waals surface area contributed by atoms with Crippen LogP contribution in [-0.2, 0) is 21.5 Å². The van der Waals surface area contributed by atoms with E-state index in [2.05, 4.69) is 0 Å². The minimum Gasteiger partial charge on any atom is -0.466 e. The molecule has 1 heterocycles. The Morgan fingerprint density at radius 1 is 1.21 bits per heavy atom. The fourth-order valence-electron chi connectivity index (χ4n) is 2.97. The first kappa shape index (κ1) is 21.3. The Balaban J connectivity index is 2.28. The number of carbonyl (C=O) groups is 2. The van der Waals surface area contributed by atoms with Crippen molar-refractivity contribution in [1.29, 1.82) is 0 Å². The van der Waals surface area contributed by atoms with Gasteiger partial charge in [-0.1, -0.05) is 32.9 Å². The summed E-state index contributed by atoms with van der Waals surface area (Å²) in [5.41, 5.74) is 1.27. The predicted molar refractivity (Wildman–Crippen MR) is 106 cm³/mol. The number of aryl methyl sites for hydroxylation is 1. The highest BCUT2D eigenvalue weighted by atomic mass is 16.6. The van der Waals surface area contributed by atoms with Crippen LogP contribution >= 0.6 is 0 Å². The SMILES string of the molecule is CCOC(=O)CCCn1cc(C(=O)c2cccc([N+](=O)[O-])c2)c(C(C)(C)C)c1. The Morgan fingerprint density at radius 3 is 2.54 bits per heavy atom. The topological polar surface area (TPSA) is 91.4 Å². The molecule has 0 unspecified atom stereocenters. The summed E-state index contributed by atoms with van der Waals surface area (Å²) in [5, 5.41) is 11.0. The Labute approximate surface area is 164 Å². The largest absolute Gasteiger partial charge is 0.466 e. The summed E-state index contributed by atoms with van der Waals surface area (Å²) in [6, 6.07) is 5.76. The summed E-state index contributed by atoms with van der Waals surface area (Å²) < 4.78 is 6.83. The smallest absolute Gasteiger partial charge is 0.305 e. The molecule has 0 atom stereocenters. The summed E-state index contributed by atoms with van der Waals surface area (Å²) in [7, 11) is 0. The quantitative estimate of drug-likeness (QED) is 0.292. The summed E-state index contributed by atoms with van der Waals surface area (Å²) in [5.74, 6) is -0.489. The van der Waals surface area contributed by atoms with Gasteiger partial charge < -0.3 is 9.30 Å². The standard InChI is InChI=1S/C21H26N2O5/c1-5-28-19(24)10-7-11-22-13-17(18(14-22)21(2,3)4)20(25)15-8-6-9-16(12-15)23(26)27/h6,8-9,12-14H,5,7,10-11H2,1-4H3. The monoisotopic (exact) mass is 386 g/mol. The van der Waals surface area contributed by atoms with Crippen LogP contribution in [0.1, 0.15) is 62.0 Å². The van der Waals surface area contributed by atoms with Crippen LogP contribution in [0.2, 0.25) is 0 Å². The second kappa shape index (κ2) is 8.82. The molecule has 0 saturated heterocycles. The van der Waals surface area contributed by atoms with Crippen LogP contribution in [0.3, 0.4) is 0 Å². The van der Waals surface area contributed by atoms with Crippen molar-refractivity contribution in [3.05, 3.63) is 63.5 Å². The van der Waals surface area contributed by atoms with Crippen LogP contribution in [0.4, 0.5) is 5.69 Å². The average molecular weight is 386 g/mol. The highest BCUT2D eigenvalue weighted by Gasteiger charge is 2.25. The third kappa shape index (κ3) is 5.28. The average Bonchev–Trinajstić information content (AvgIpc) is 3.06. The molecule has 0 fully saturated rings. The predicted octanol–water partition coefficient (Wildman–Crippen LogP) is 4.27. The molecule has 150 valence electrons. The molecule has 1 aromatic carbocycles. The number of esters is 1. The van der Waals surface area contributed by atoms with Crippen molar-refractivity contribution in [3.8, 4) is 0 Å². The van der Waals surface area contributed by atoms with E-state index in [1.807, 2.05) is 31.5 Å². The normalized spacial score (nSPS) is 11.3. The van der Waals surface area contributed by atoms with Crippen LogP contribution in [0.15, 0.2) is 36.7 Å². The van der Waals surface area contributed by atoms with Gasteiger partial charge in [-0.3, -0.25) is 19.7 Å². The first-order valence-electron chi connectivity index (χ1n) is 9.28. The van der Waals surface area contributed by atoms with Crippen molar-refractivity contribution in [1.82, 2.24) is 4.57 Å². The lowest BCUT2D eigenvalue weighted by Crippen LogP contribution is -2.15. The van der Waals surface area contributed by atoms with E-state index < -0.39 is 4.92 Å². The Hall–Kier alpha value is -2.96. The van der Waals surface area contributed by atoms with Gasteiger partial charge in [0.25, 0.3) is 5.69 Å². The molecular weight excluding hydrogens is 360 g/mol. The molecule has 2 rings (SSSR count). The molecule has 28 heavy (non-hydrogen) atoms. The fourth-order valence-corrected chi connectivity index (χ4v) is 2.97. The van der Waals surface area contributed by atoms with Crippen LogP contribution in [0, 0.1) is 10.1 Å². The van der Waals surface area contributed by atoms with Gasteiger partial charge in [-0.2, -0.15) is 0 Å². The third-order valence-corrected chi connectivity index (χ3v) is 4.35. The number of non-ortho nitro benzene ring substituents is 1. The molecule has 0 aliphatic rings. The van der Waals surface area contributed by atoms with E-state index in [9.17, 15) is 19.7 Å². The van der Waals surface area contributed by atoms with Crippen molar-refractivity contribution < 1.29 is 19.2 Å². The maximum Gasteiger partial charge on any atom is 0.305 e. The fraction of sp³-hybridized carbons (Fsp3) is 0.429. The molecule has 0 amide bonds. The molecule has 1 aromatic heterocycles. The lowest BCUT2D eigenvalue weighted by Gasteiger charge is -2.19. The van der Waals surface area contributed by atoms with Crippen LogP contribution in [0.5, 0.6) is 0 Å². The Bertz CT molecular complexity index is 877. The van der Waals surface area contributed by atoms with Crippen molar-refractivity contribution in [2.75, 3.05) is 6.61 Å². The van der Waals surface area contributed by atoms with Gasteiger partial charge >= 0.3 is 5.97 Å². The molecule has 0 spiro atoms. The highest BCUT2D eigenvalue weighted by molar-refractivity contribution is 6.10. The lowest BCUT2D eigenvalue weighted by molar-refractivity contribution is -0.384. The molecule has 7 heteroatoms. The van der Waals surface area contributed by atoms with E-state index in [1.54, 1.807) is 19.2 Å². The Kier molecular flexibility index (Phi) is 6.72. The minimum absolute atomic E-state index is 0.114. The number of ether oxygens (including phenoxy) is 1. The number of benzene rings is 1. The van der Waals surface area contributed by atoms with Crippen LogP contribution in [-0.4, -0.2) is 27.8 Å². The van der Waals surface area contributed by atoms with Crippen molar-refractivity contribution in [2.45, 2.75) is 52.5 Å². The van der Waals surface area contributed by atoms with E-state index in [-0.39, 0.29) is 28.4 Å². The second-order valence-electron chi connectivity index (χ2n) is 7.62. The summed E-state index contributed by atoms with van der Waals surface area (Å²) in [6.45, 7) is 8.73. The van der Waals surface area contributed by atoms with E-state index in [1.165, 1.54) is 18.2 Å². The minimum atomic E-state index is -0.512. The van der Waals surface area contributed by atoms with Gasteiger partial charge in [0.2, 0.25) is 0 Å². The van der Waals surface area contributed by atoms with Gasteiger partial charge in [0.15, 0.2) is 5.78 Å². The maximum absolute atomic E-state index is 13.1. The number of rotatable bonds is 8. The van der Waals surface area contributed by atoms with Crippen molar-refractivity contribution in [3.63, 3.8) is 0 Å². The number of nitro benzene ring substituents is 1. The molecule has 0 saturated carbocycles. The first-order valence-corrected chi connectivity index (χ1v) is 9.28. The zero-order chi connectivity index (χ0) is 20.9. The van der Waals surface area contributed by atoms with Gasteiger partial charge in [-0.15, -0.1) is 0 Å². The zero-order valence-electron chi connectivity index (χ0n) is 16.7. The van der Waals surface area contributed by atoms with Gasteiger partial charge in [0.05, 0.1) is 11.5 Å². The van der Waals surface area contributed by atoms with Crippen molar-refractivity contribution in [2.24, 2.45) is 0 Å². The molecule has 0 bridgehead atoms. The number of nitro groups is 1. The summed E-state index contributed by atoms with van der Waals surface area (Å²) in [4.78, 5) is 35.1. The van der Waals surface area contributed by atoms with E-state index in [0.29, 0.717) is 31.6 Å². The third-order valence-electron chi connectivity index (χ3n) is 4.35. The summed E-state index contributed by atoms with van der Waals surface area (Å²) >= 11 is 0. The van der Waals surface area contributed by atoms with Gasteiger partial charge in [-0.05, 0) is 24.3 Å². The molecular formula is C21H26N2O5. The number of ketones is 1. The Morgan fingerprint density at radius 2 is 1.93 bits per heavy atom. The van der Waals surface area contributed by atoms with Gasteiger partial charge in [-0.25, -0.2) is 0 Å². The van der Waals surface area contributed by atoms with E-state index in [0.717, 1.165) is 5.56 Å². The van der Waals surface area contributed by atoms with Gasteiger partial charge in [0.1, 0.15) is 0 Å². The van der Waals surface area contributed by atoms with Crippen LogP contribution in [0.25, 0.3) is 0 Å². The molecule has 0 aliphatic heterocycles. The van der Waals surface area contributed by atoms with Crippen molar-refractivity contribution >= 4 is 17.4 Å². The van der Waals surface area contributed by atoms with E-state index in [4.69, 9.17) is 4.74 Å². The highest BCUT2D eigenvalue weighted by Crippen LogP contribution is 2.29. The molecule has 7 nitrogen and oxygen atoms in total. The first-order chi connectivity index (χ1) is 13.1. The second-order valence-corrected chi connectivity index (χ2v) is 7.62. The van der Waals surface area contributed by atoms with Gasteiger partial charge in [0, 0.05) is 48.6 Å². The van der Waals surface area contributed by atoms with E-state index >= 15 is 0 Å². The number of hydrogen-bond acceptors (Lipinski definition) is 5. The molecule has 0 aliphatic carbocycles. The maximum atomic E-state index is 13.1. The number of nitrogens with zero attached hydrogens (tertiary/aromatic N) is 2. The van der Waals surface area contributed by atoms with Crippen LogP contribution < -0.4 is 0 Å². The number of carbonyl (C=O) groups excluding carboxylic acids is 2.